The molecule has 0 spiro atoms. The molecule has 0 bridgehead atoms. The molecule has 28 heavy (non-hydrogen) atoms. The molecule has 2 aromatic carbocycles. The van der Waals surface area contributed by atoms with Gasteiger partial charge in [-0.15, -0.1) is 0 Å². The predicted octanol–water partition coefficient (Wildman–Crippen LogP) is 4.47. The van der Waals surface area contributed by atoms with Crippen molar-refractivity contribution in [3.8, 4) is 0 Å². The molecule has 146 valence electrons. The minimum absolute atomic E-state index is 0.113. The van der Waals surface area contributed by atoms with E-state index in [4.69, 9.17) is 0 Å². The Balaban J connectivity index is 1.58. The van der Waals surface area contributed by atoms with Crippen LogP contribution in [0.3, 0.4) is 0 Å². The second kappa shape index (κ2) is 9.31. The van der Waals surface area contributed by atoms with Crippen molar-refractivity contribution in [3.63, 3.8) is 0 Å². The molecule has 0 atom stereocenters. The molecule has 0 unspecified atom stereocenters. The van der Waals surface area contributed by atoms with E-state index >= 15 is 0 Å². The monoisotopic (exact) mass is 377 g/mol. The summed E-state index contributed by atoms with van der Waals surface area (Å²) in [4.78, 5) is 29.2. The van der Waals surface area contributed by atoms with Crippen LogP contribution in [0.4, 0.5) is 5.69 Å². The third kappa shape index (κ3) is 4.85. The predicted molar refractivity (Wildman–Crippen MR) is 114 cm³/mol. The van der Waals surface area contributed by atoms with Gasteiger partial charge in [0.05, 0.1) is 17.2 Å². The van der Waals surface area contributed by atoms with Gasteiger partial charge in [-0.05, 0) is 49.1 Å². The summed E-state index contributed by atoms with van der Waals surface area (Å²) >= 11 is 0. The first-order valence-corrected chi connectivity index (χ1v) is 9.92. The van der Waals surface area contributed by atoms with Crippen LogP contribution in [0.2, 0.25) is 0 Å². The van der Waals surface area contributed by atoms with Crippen LogP contribution >= 0.6 is 0 Å². The molecule has 3 rings (SSSR count). The summed E-state index contributed by atoms with van der Waals surface area (Å²) in [5.74, 6) is -0.116. The van der Waals surface area contributed by atoms with E-state index in [9.17, 15) is 9.59 Å². The molecule has 0 fully saturated rings. The maximum absolute atomic E-state index is 12.6. The summed E-state index contributed by atoms with van der Waals surface area (Å²) in [6, 6.07) is 13.6. The van der Waals surface area contributed by atoms with Crippen LogP contribution in [-0.2, 0) is 17.8 Å². The number of amides is 1. The van der Waals surface area contributed by atoms with Gasteiger partial charge in [-0.1, -0.05) is 44.0 Å². The van der Waals surface area contributed by atoms with E-state index in [1.54, 1.807) is 6.07 Å². The first-order chi connectivity index (χ1) is 13.6. The third-order valence-corrected chi connectivity index (χ3v) is 4.94. The van der Waals surface area contributed by atoms with Crippen LogP contribution < -0.4 is 10.9 Å². The standard InChI is InChI=1S/C23H27N3O2/c1-3-4-5-8-18-10-12-19(13-11-18)25-21(27)14-15-26-16-24-22-17(2)7-6-9-20(22)23(26)28/h6-7,9-13,16H,3-5,8,14-15H2,1-2H3,(H,25,27). The van der Waals surface area contributed by atoms with Crippen LogP contribution in [0.15, 0.2) is 53.6 Å². The second-order valence-corrected chi connectivity index (χ2v) is 7.17. The first-order valence-electron chi connectivity index (χ1n) is 9.92. The number of benzene rings is 2. The molecular formula is C23H27N3O2. The average molecular weight is 377 g/mol. The first kappa shape index (κ1) is 19.8. The molecule has 0 radical (unpaired) electrons. The number of rotatable bonds is 8. The molecule has 3 aromatic rings. The number of para-hydroxylation sites is 1. The van der Waals surface area contributed by atoms with Gasteiger partial charge in [0, 0.05) is 18.7 Å². The minimum atomic E-state index is -0.116. The highest BCUT2D eigenvalue weighted by Crippen LogP contribution is 2.13. The Morgan fingerprint density at radius 3 is 2.64 bits per heavy atom. The van der Waals surface area contributed by atoms with Gasteiger partial charge in [0.25, 0.3) is 5.56 Å². The van der Waals surface area contributed by atoms with E-state index in [1.165, 1.54) is 35.7 Å². The van der Waals surface area contributed by atoms with Crippen molar-refractivity contribution in [1.82, 2.24) is 9.55 Å². The molecule has 5 nitrogen and oxygen atoms in total. The fraction of sp³-hybridized carbons (Fsp3) is 0.348. The number of unbranched alkanes of at least 4 members (excludes halogenated alkanes) is 2. The van der Waals surface area contributed by atoms with E-state index in [-0.39, 0.29) is 17.9 Å². The number of aryl methyl sites for hydroxylation is 3. The van der Waals surface area contributed by atoms with Gasteiger partial charge in [-0.3, -0.25) is 14.2 Å². The number of carbonyl (C=O) groups excluding carboxylic acids is 1. The van der Waals surface area contributed by atoms with Crippen molar-refractivity contribution in [2.45, 2.75) is 52.5 Å². The van der Waals surface area contributed by atoms with Crippen LogP contribution in [0, 0.1) is 6.92 Å². The molecule has 0 saturated carbocycles. The van der Waals surface area contributed by atoms with E-state index in [2.05, 4.69) is 29.4 Å². The van der Waals surface area contributed by atoms with Crippen molar-refractivity contribution >= 4 is 22.5 Å². The van der Waals surface area contributed by atoms with Gasteiger partial charge >= 0.3 is 0 Å². The summed E-state index contributed by atoms with van der Waals surface area (Å²) in [6.45, 7) is 4.43. The Labute approximate surface area is 165 Å². The Bertz CT molecular complexity index is 1010. The van der Waals surface area contributed by atoms with Crippen molar-refractivity contribution in [1.29, 1.82) is 0 Å². The third-order valence-electron chi connectivity index (χ3n) is 4.94. The Morgan fingerprint density at radius 1 is 1.11 bits per heavy atom. The average Bonchev–Trinajstić information content (AvgIpc) is 2.70. The van der Waals surface area contributed by atoms with Crippen molar-refractivity contribution in [3.05, 3.63) is 70.3 Å². The SMILES string of the molecule is CCCCCc1ccc(NC(=O)CCn2cnc3c(C)cccc3c2=O)cc1. The molecule has 1 heterocycles. The molecular weight excluding hydrogens is 350 g/mol. The lowest BCUT2D eigenvalue weighted by molar-refractivity contribution is -0.116. The Hall–Kier alpha value is -2.95. The smallest absolute Gasteiger partial charge is 0.261 e. The number of aromatic nitrogens is 2. The molecule has 0 aliphatic rings. The number of nitrogens with one attached hydrogen (secondary N) is 1. The quantitative estimate of drug-likeness (QED) is 0.589. The zero-order valence-electron chi connectivity index (χ0n) is 16.6. The van der Waals surface area contributed by atoms with Gasteiger partial charge < -0.3 is 5.32 Å². The van der Waals surface area contributed by atoms with Gasteiger partial charge in [-0.2, -0.15) is 0 Å². The van der Waals surface area contributed by atoms with Gasteiger partial charge in [0.15, 0.2) is 0 Å². The Morgan fingerprint density at radius 2 is 1.89 bits per heavy atom. The lowest BCUT2D eigenvalue weighted by Gasteiger charge is -2.09. The van der Waals surface area contributed by atoms with E-state index in [0.717, 1.165) is 17.7 Å². The molecule has 0 saturated heterocycles. The second-order valence-electron chi connectivity index (χ2n) is 7.17. The number of hydrogen-bond donors (Lipinski definition) is 1. The normalized spacial score (nSPS) is 10.9. The van der Waals surface area contributed by atoms with Crippen molar-refractivity contribution in [2.24, 2.45) is 0 Å². The minimum Gasteiger partial charge on any atom is -0.326 e. The maximum atomic E-state index is 12.6. The lowest BCUT2D eigenvalue weighted by Crippen LogP contribution is -2.23. The molecule has 1 aromatic heterocycles. The lowest BCUT2D eigenvalue weighted by atomic mass is 10.1. The molecule has 5 heteroatoms. The fourth-order valence-corrected chi connectivity index (χ4v) is 3.28. The van der Waals surface area contributed by atoms with Crippen LogP contribution in [-0.4, -0.2) is 15.5 Å². The molecule has 0 aliphatic carbocycles. The van der Waals surface area contributed by atoms with Crippen LogP contribution in [0.1, 0.15) is 43.7 Å². The van der Waals surface area contributed by atoms with Gasteiger partial charge in [0.2, 0.25) is 5.91 Å². The summed E-state index contributed by atoms with van der Waals surface area (Å²) in [5.41, 5.74) is 3.64. The number of nitrogens with zero attached hydrogens (tertiary/aromatic N) is 2. The largest absolute Gasteiger partial charge is 0.326 e. The molecule has 1 amide bonds. The number of fused-ring (bicyclic) bond motifs is 1. The highest BCUT2D eigenvalue weighted by atomic mass is 16.1. The van der Waals surface area contributed by atoms with Crippen LogP contribution in [0.5, 0.6) is 0 Å². The zero-order chi connectivity index (χ0) is 19.9. The zero-order valence-corrected chi connectivity index (χ0v) is 16.6. The summed E-state index contributed by atoms with van der Waals surface area (Å²) < 4.78 is 1.50. The van der Waals surface area contributed by atoms with E-state index < -0.39 is 0 Å². The molecule has 1 N–H and O–H groups in total. The van der Waals surface area contributed by atoms with Crippen molar-refractivity contribution in [2.75, 3.05) is 5.32 Å². The van der Waals surface area contributed by atoms with E-state index in [1.807, 2.05) is 31.2 Å². The number of carbonyl (C=O) groups is 1. The Kier molecular flexibility index (Phi) is 6.58. The topological polar surface area (TPSA) is 64.0 Å². The van der Waals surface area contributed by atoms with E-state index in [0.29, 0.717) is 17.4 Å². The van der Waals surface area contributed by atoms with Gasteiger partial charge in [-0.25, -0.2) is 4.98 Å². The molecule has 0 aliphatic heterocycles. The highest BCUT2D eigenvalue weighted by molar-refractivity contribution is 5.90. The number of anilines is 1. The van der Waals surface area contributed by atoms with Crippen molar-refractivity contribution < 1.29 is 4.79 Å². The summed E-state index contributed by atoms with van der Waals surface area (Å²) in [6.07, 6.45) is 6.45. The summed E-state index contributed by atoms with van der Waals surface area (Å²) in [7, 11) is 0. The van der Waals surface area contributed by atoms with Crippen LogP contribution in [0.25, 0.3) is 10.9 Å². The highest BCUT2D eigenvalue weighted by Gasteiger charge is 2.08. The fourth-order valence-electron chi connectivity index (χ4n) is 3.28. The number of hydrogen-bond acceptors (Lipinski definition) is 3. The van der Waals surface area contributed by atoms with Gasteiger partial charge in [0.1, 0.15) is 0 Å². The maximum Gasteiger partial charge on any atom is 0.261 e. The summed E-state index contributed by atoms with van der Waals surface area (Å²) in [5, 5.41) is 3.48.